The molecular formula is C16H14ClN7OS. The number of halogens is 1. The maximum absolute atomic E-state index is 9.01. The highest BCUT2D eigenvalue weighted by Crippen LogP contribution is 2.33. The van der Waals surface area contributed by atoms with E-state index in [1.54, 1.807) is 23.7 Å². The number of hydrogen-bond donors (Lipinski definition) is 1. The van der Waals surface area contributed by atoms with E-state index in [4.69, 9.17) is 21.6 Å². The minimum atomic E-state index is 0.174. The average Bonchev–Trinajstić information content (AvgIpc) is 3.29. The van der Waals surface area contributed by atoms with Gasteiger partial charge in [-0.05, 0) is 6.42 Å². The molecule has 0 aliphatic carbocycles. The van der Waals surface area contributed by atoms with Crippen LogP contribution in [-0.4, -0.2) is 46.2 Å². The first kappa shape index (κ1) is 16.8. The molecule has 1 aliphatic rings. The molecule has 26 heavy (non-hydrogen) atoms. The molecule has 132 valence electrons. The Balaban J connectivity index is 1.48. The minimum absolute atomic E-state index is 0.174. The fourth-order valence-electron chi connectivity index (χ4n) is 2.85. The summed E-state index contributed by atoms with van der Waals surface area (Å²) in [5.74, 6) is 0.720. The van der Waals surface area contributed by atoms with Gasteiger partial charge in [0.1, 0.15) is 17.1 Å². The van der Waals surface area contributed by atoms with Crippen LogP contribution in [0.15, 0.2) is 18.6 Å². The third-order valence-electron chi connectivity index (χ3n) is 4.11. The minimum Gasteiger partial charge on any atom is -0.480 e. The fourth-order valence-corrected chi connectivity index (χ4v) is 4.10. The number of nitrogens with zero attached hydrogens (tertiary/aromatic N) is 6. The quantitative estimate of drug-likeness (QED) is 0.729. The first-order valence-corrected chi connectivity index (χ1v) is 9.10. The molecule has 1 atom stereocenters. The van der Waals surface area contributed by atoms with E-state index in [-0.39, 0.29) is 11.9 Å². The summed E-state index contributed by atoms with van der Waals surface area (Å²) >= 11 is 7.75. The summed E-state index contributed by atoms with van der Waals surface area (Å²) in [5.41, 5.74) is 1.10. The van der Waals surface area contributed by atoms with Crippen molar-refractivity contribution in [2.75, 3.05) is 30.4 Å². The van der Waals surface area contributed by atoms with Gasteiger partial charge in [-0.3, -0.25) is 4.98 Å². The van der Waals surface area contributed by atoms with E-state index >= 15 is 0 Å². The Morgan fingerprint density at radius 2 is 2.27 bits per heavy atom. The maximum Gasteiger partial charge on any atom is 0.236 e. The lowest BCUT2D eigenvalue weighted by molar-refractivity contribution is 0.396. The van der Waals surface area contributed by atoms with Crippen LogP contribution in [0.2, 0.25) is 5.02 Å². The van der Waals surface area contributed by atoms with Crippen LogP contribution in [-0.2, 0) is 0 Å². The summed E-state index contributed by atoms with van der Waals surface area (Å²) in [6.07, 6.45) is 5.78. The van der Waals surface area contributed by atoms with Gasteiger partial charge in [-0.15, -0.1) is 0 Å². The number of hydrogen-bond acceptors (Lipinski definition) is 9. The molecular weight excluding hydrogens is 374 g/mol. The van der Waals surface area contributed by atoms with Crippen molar-refractivity contribution in [3.8, 4) is 11.9 Å². The number of nitriles is 1. The molecule has 1 unspecified atom stereocenters. The first-order valence-electron chi connectivity index (χ1n) is 7.90. The van der Waals surface area contributed by atoms with Gasteiger partial charge in [-0.1, -0.05) is 22.9 Å². The van der Waals surface area contributed by atoms with Gasteiger partial charge in [0.2, 0.25) is 11.8 Å². The number of methoxy groups -OCH3 is 1. The van der Waals surface area contributed by atoms with Crippen molar-refractivity contribution in [1.82, 2.24) is 19.9 Å². The second-order valence-corrected chi connectivity index (χ2v) is 7.19. The number of anilines is 2. The highest BCUT2D eigenvalue weighted by Gasteiger charge is 2.26. The van der Waals surface area contributed by atoms with Gasteiger partial charge >= 0.3 is 0 Å². The van der Waals surface area contributed by atoms with Crippen molar-refractivity contribution in [3.63, 3.8) is 0 Å². The monoisotopic (exact) mass is 387 g/mol. The summed E-state index contributed by atoms with van der Waals surface area (Å²) in [6, 6.07) is 2.18. The number of thiazole rings is 1. The highest BCUT2D eigenvalue weighted by molar-refractivity contribution is 7.22. The fraction of sp³-hybridized carbons (Fsp3) is 0.312. The molecule has 4 heterocycles. The lowest BCUT2D eigenvalue weighted by Gasteiger charge is -2.16. The van der Waals surface area contributed by atoms with E-state index in [1.165, 1.54) is 13.3 Å². The topological polar surface area (TPSA) is 99.8 Å². The largest absolute Gasteiger partial charge is 0.480 e. The van der Waals surface area contributed by atoms with Gasteiger partial charge in [0, 0.05) is 31.5 Å². The molecule has 1 saturated heterocycles. The normalized spacial score (nSPS) is 16.7. The van der Waals surface area contributed by atoms with Gasteiger partial charge in [-0.25, -0.2) is 9.97 Å². The molecule has 0 saturated carbocycles. The molecule has 8 nitrogen and oxygen atoms in total. The number of ether oxygens (including phenoxy) is 1. The van der Waals surface area contributed by atoms with Crippen LogP contribution >= 0.6 is 22.9 Å². The summed E-state index contributed by atoms with van der Waals surface area (Å²) in [7, 11) is 1.48. The molecule has 0 bridgehead atoms. The molecule has 1 fully saturated rings. The van der Waals surface area contributed by atoms with E-state index in [9.17, 15) is 0 Å². The number of pyridine rings is 1. The first-order chi connectivity index (χ1) is 12.7. The van der Waals surface area contributed by atoms with Gasteiger partial charge in [0.25, 0.3) is 0 Å². The molecule has 0 aromatic carbocycles. The van der Waals surface area contributed by atoms with Gasteiger partial charge < -0.3 is 15.0 Å². The van der Waals surface area contributed by atoms with E-state index in [0.29, 0.717) is 16.5 Å². The van der Waals surface area contributed by atoms with Crippen molar-refractivity contribution in [3.05, 3.63) is 29.2 Å². The predicted octanol–water partition coefficient (Wildman–Crippen LogP) is 2.71. The Kier molecular flexibility index (Phi) is 4.44. The zero-order chi connectivity index (χ0) is 18.1. The van der Waals surface area contributed by atoms with Gasteiger partial charge in [0.05, 0.1) is 23.0 Å². The summed E-state index contributed by atoms with van der Waals surface area (Å²) in [4.78, 5) is 19.4. The van der Waals surface area contributed by atoms with Crippen LogP contribution in [0.4, 0.5) is 11.1 Å². The van der Waals surface area contributed by atoms with Crippen molar-refractivity contribution >= 4 is 44.2 Å². The summed E-state index contributed by atoms with van der Waals surface area (Å²) < 4.78 is 6.10. The highest BCUT2D eigenvalue weighted by atomic mass is 35.5. The van der Waals surface area contributed by atoms with E-state index in [1.807, 2.05) is 6.07 Å². The molecule has 1 aliphatic heterocycles. The number of aromatic nitrogens is 4. The second-order valence-electron chi connectivity index (χ2n) is 5.77. The smallest absolute Gasteiger partial charge is 0.236 e. The lowest BCUT2D eigenvalue weighted by atomic mass is 10.3. The van der Waals surface area contributed by atoms with Crippen LogP contribution in [0.5, 0.6) is 5.88 Å². The predicted molar refractivity (Wildman–Crippen MR) is 100.0 cm³/mol. The Hall–Kier alpha value is -2.70. The number of nitrogens with one attached hydrogen (secondary N) is 1. The third kappa shape index (κ3) is 3.09. The van der Waals surface area contributed by atoms with Crippen LogP contribution < -0.4 is 15.0 Å². The van der Waals surface area contributed by atoms with E-state index < -0.39 is 0 Å². The zero-order valence-electron chi connectivity index (χ0n) is 13.8. The Morgan fingerprint density at radius 3 is 3.04 bits per heavy atom. The lowest BCUT2D eigenvalue weighted by Crippen LogP contribution is -2.26. The van der Waals surface area contributed by atoms with Gasteiger partial charge in [0.15, 0.2) is 5.13 Å². The van der Waals surface area contributed by atoms with Crippen molar-refractivity contribution < 1.29 is 4.74 Å². The zero-order valence-corrected chi connectivity index (χ0v) is 15.4. The van der Waals surface area contributed by atoms with E-state index in [0.717, 1.165) is 34.9 Å². The molecule has 1 N–H and O–H groups in total. The van der Waals surface area contributed by atoms with Crippen LogP contribution in [0.25, 0.3) is 10.2 Å². The van der Waals surface area contributed by atoms with Crippen molar-refractivity contribution in [2.45, 2.75) is 12.5 Å². The molecule has 3 aromatic rings. The van der Waals surface area contributed by atoms with Crippen molar-refractivity contribution in [1.29, 1.82) is 5.26 Å². The van der Waals surface area contributed by atoms with Crippen LogP contribution in [0.3, 0.4) is 0 Å². The van der Waals surface area contributed by atoms with E-state index in [2.05, 4.69) is 30.2 Å². The second kappa shape index (κ2) is 6.90. The molecule has 0 radical (unpaired) electrons. The SMILES string of the molecule is COc1nc(NC2CCN(c3nc4c(Cl)cncc4s3)C2)ncc1C#N. The maximum atomic E-state index is 9.01. The van der Waals surface area contributed by atoms with Crippen LogP contribution in [0, 0.1) is 11.3 Å². The number of fused-ring (bicyclic) bond motifs is 1. The van der Waals surface area contributed by atoms with Crippen LogP contribution in [0.1, 0.15) is 12.0 Å². The van der Waals surface area contributed by atoms with Crippen molar-refractivity contribution in [2.24, 2.45) is 0 Å². The Labute approximate surface area is 158 Å². The third-order valence-corrected chi connectivity index (χ3v) is 5.43. The summed E-state index contributed by atoms with van der Waals surface area (Å²) in [5, 5.41) is 13.8. The Morgan fingerprint density at radius 1 is 1.38 bits per heavy atom. The molecule has 10 heteroatoms. The summed E-state index contributed by atoms with van der Waals surface area (Å²) in [6.45, 7) is 1.65. The molecule has 3 aromatic heterocycles. The van der Waals surface area contributed by atoms with Gasteiger partial charge in [-0.2, -0.15) is 10.2 Å². The standard InChI is InChI=1S/C16H14ClN7OS/c1-25-14-9(4-18)5-20-15(23-14)21-10-2-3-24(8-10)16-22-13-11(17)6-19-7-12(13)26-16/h5-7,10H,2-3,8H2,1H3,(H,20,21,23). The Bertz CT molecular complexity index is 1000. The molecule has 0 spiro atoms. The average molecular weight is 388 g/mol. The molecule has 4 rings (SSSR count). The number of rotatable bonds is 4. The molecule has 0 amide bonds.